The predicted molar refractivity (Wildman–Crippen MR) is 92.6 cm³/mol. The van der Waals surface area contributed by atoms with Crippen molar-refractivity contribution in [2.75, 3.05) is 12.4 Å². The Balaban J connectivity index is 2.18. The molecule has 0 aliphatic carbocycles. The number of anilines is 1. The van der Waals surface area contributed by atoms with Gasteiger partial charge in [0, 0.05) is 11.6 Å². The zero-order chi connectivity index (χ0) is 17.9. The third-order valence-electron chi connectivity index (χ3n) is 3.73. The number of nitrogens with one attached hydrogen (secondary N) is 1. The lowest BCUT2D eigenvalue weighted by Gasteiger charge is -2.07. The van der Waals surface area contributed by atoms with Gasteiger partial charge in [-0.1, -0.05) is 27.7 Å². The summed E-state index contributed by atoms with van der Waals surface area (Å²) in [5.41, 5.74) is 2.06. The predicted octanol–water partition coefficient (Wildman–Crippen LogP) is 4.57. The van der Waals surface area contributed by atoms with Crippen LogP contribution in [0.1, 0.15) is 71.8 Å². The molecule has 1 heterocycles. The van der Waals surface area contributed by atoms with Crippen molar-refractivity contribution < 1.29 is 18.7 Å². The van der Waals surface area contributed by atoms with Gasteiger partial charge >= 0.3 is 5.97 Å². The SMILES string of the molecule is COC(=O)c1ccc(NC(=O)c2cc(C(C)C)c(C(C)C)o2)cc1. The van der Waals surface area contributed by atoms with Crippen LogP contribution in [0.4, 0.5) is 5.69 Å². The normalized spacial score (nSPS) is 11.0. The van der Waals surface area contributed by atoms with Gasteiger partial charge in [0.05, 0.1) is 12.7 Å². The summed E-state index contributed by atoms with van der Waals surface area (Å²) in [6.45, 7) is 8.23. The lowest BCUT2D eigenvalue weighted by Crippen LogP contribution is -2.11. The molecule has 0 saturated carbocycles. The number of esters is 1. The summed E-state index contributed by atoms with van der Waals surface area (Å²) in [4.78, 5) is 23.8. The molecule has 1 N–H and O–H groups in total. The molecule has 1 aromatic heterocycles. The average Bonchev–Trinajstić information content (AvgIpc) is 3.01. The number of methoxy groups -OCH3 is 1. The lowest BCUT2D eigenvalue weighted by atomic mass is 9.98. The molecule has 2 aromatic rings. The zero-order valence-corrected chi connectivity index (χ0v) is 14.7. The van der Waals surface area contributed by atoms with Gasteiger partial charge < -0.3 is 14.5 Å². The van der Waals surface area contributed by atoms with E-state index in [-0.39, 0.29) is 17.7 Å². The monoisotopic (exact) mass is 329 g/mol. The number of benzene rings is 1. The van der Waals surface area contributed by atoms with E-state index in [1.807, 2.05) is 13.8 Å². The van der Waals surface area contributed by atoms with Crippen molar-refractivity contribution in [1.82, 2.24) is 0 Å². The third kappa shape index (κ3) is 3.85. The molecule has 24 heavy (non-hydrogen) atoms. The number of carbonyl (C=O) groups excluding carboxylic acids is 2. The lowest BCUT2D eigenvalue weighted by molar-refractivity contribution is 0.0600. The van der Waals surface area contributed by atoms with Crippen LogP contribution in [0.15, 0.2) is 34.7 Å². The van der Waals surface area contributed by atoms with E-state index in [1.165, 1.54) is 7.11 Å². The number of rotatable bonds is 5. The van der Waals surface area contributed by atoms with Crippen LogP contribution in [0.25, 0.3) is 0 Å². The van der Waals surface area contributed by atoms with Crippen LogP contribution in [-0.4, -0.2) is 19.0 Å². The molecule has 128 valence electrons. The maximum atomic E-state index is 12.4. The van der Waals surface area contributed by atoms with Crippen LogP contribution >= 0.6 is 0 Å². The van der Waals surface area contributed by atoms with E-state index in [4.69, 9.17) is 4.42 Å². The van der Waals surface area contributed by atoms with Crippen molar-refractivity contribution in [2.45, 2.75) is 39.5 Å². The quantitative estimate of drug-likeness (QED) is 0.816. The molecule has 1 amide bonds. The van der Waals surface area contributed by atoms with Crippen LogP contribution in [-0.2, 0) is 4.74 Å². The average molecular weight is 329 g/mol. The van der Waals surface area contributed by atoms with Crippen molar-refractivity contribution in [2.24, 2.45) is 0 Å². The molecule has 1 aromatic carbocycles. The van der Waals surface area contributed by atoms with Crippen molar-refractivity contribution in [3.63, 3.8) is 0 Å². The summed E-state index contributed by atoms with van der Waals surface area (Å²) in [7, 11) is 1.33. The van der Waals surface area contributed by atoms with Gasteiger partial charge in [-0.25, -0.2) is 4.79 Å². The number of furan rings is 1. The minimum absolute atomic E-state index is 0.211. The van der Waals surface area contributed by atoms with Crippen molar-refractivity contribution in [3.8, 4) is 0 Å². The zero-order valence-electron chi connectivity index (χ0n) is 14.7. The van der Waals surface area contributed by atoms with Crippen LogP contribution in [0, 0.1) is 0 Å². The van der Waals surface area contributed by atoms with Gasteiger partial charge in [-0.15, -0.1) is 0 Å². The first-order valence-electron chi connectivity index (χ1n) is 7.96. The summed E-state index contributed by atoms with van der Waals surface area (Å²) in [5.74, 6) is 0.905. The molecule has 0 fully saturated rings. The molecule has 0 bridgehead atoms. The Morgan fingerprint density at radius 1 is 1.04 bits per heavy atom. The van der Waals surface area contributed by atoms with Gasteiger partial charge in [-0.05, 0) is 41.8 Å². The Kier molecular flexibility index (Phi) is 5.44. The molecule has 0 radical (unpaired) electrons. The molecule has 0 saturated heterocycles. The molecule has 0 aliphatic rings. The van der Waals surface area contributed by atoms with E-state index in [2.05, 4.69) is 23.9 Å². The van der Waals surface area contributed by atoms with Gasteiger partial charge in [0.15, 0.2) is 5.76 Å². The summed E-state index contributed by atoms with van der Waals surface area (Å²) >= 11 is 0. The molecule has 5 nitrogen and oxygen atoms in total. The second kappa shape index (κ2) is 7.34. The number of hydrogen-bond donors (Lipinski definition) is 1. The van der Waals surface area contributed by atoms with Gasteiger partial charge in [0.2, 0.25) is 0 Å². The van der Waals surface area contributed by atoms with Crippen molar-refractivity contribution in [3.05, 3.63) is 53.0 Å². The highest BCUT2D eigenvalue weighted by atomic mass is 16.5. The number of amides is 1. The molecule has 2 rings (SSSR count). The molecular weight excluding hydrogens is 306 g/mol. The molecule has 0 unspecified atom stereocenters. The highest BCUT2D eigenvalue weighted by Gasteiger charge is 2.20. The summed E-state index contributed by atoms with van der Waals surface area (Å²) in [6.07, 6.45) is 0. The highest BCUT2D eigenvalue weighted by Crippen LogP contribution is 2.29. The molecular formula is C19H23NO4. The molecule has 0 atom stereocenters. The van der Waals surface area contributed by atoms with E-state index in [9.17, 15) is 9.59 Å². The van der Waals surface area contributed by atoms with Gasteiger partial charge in [0.25, 0.3) is 5.91 Å². The number of ether oxygens (including phenoxy) is 1. The maximum absolute atomic E-state index is 12.4. The Labute approximate surface area is 142 Å². The van der Waals surface area contributed by atoms with Crippen molar-refractivity contribution >= 4 is 17.6 Å². The smallest absolute Gasteiger partial charge is 0.337 e. The Hall–Kier alpha value is -2.56. The number of hydrogen-bond acceptors (Lipinski definition) is 4. The van der Waals surface area contributed by atoms with E-state index < -0.39 is 5.97 Å². The molecule has 0 spiro atoms. The van der Waals surface area contributed by atoms with Crippen LogP contribution in [0.5, 0.6) is 0 Å². The van der Waals surface area contributed by atoms with Gasteiger partial charge in [0.1, 0.15) is 5.76 Å². The highest BCUT2D eigenvalue weighted by molar-refractivity contribution is 6.02. The fourth-order valence-corrected chi connectivity index (χ4v) is 2.43. The Bertz CT molecular complexity index is 701. The largest absolute Gasteiger partial charge is 0.465 e. The van der Waals surface area contributed by atoms with Crippen molar-refractivity contribution in [1.29, 1.82) is 0 Å². The summed E-state index contributed by atoms with van der Waals surface area (Å²) in [5, 5.41) is 2.78. The molecule has 5 heteroatoms. The second-order valence-electron chi connectivity index (χ2n) is 6.26. The van der Waals surface area contributed by atoms with Gasteiger partial charge in [-0.2, -0.15) is 0 Å². The summed E-state index contributed by atoms with van der Waals surface area (Å²) in [6, 6.07) is 8.31. The van der Waals surface area contributed by atoms with E-state index in [1.54, 1.807) is 30.3 Å². The Morgan fingerprint density at radius 2 is 1.67 bits per heavy atom. The van der Waals surface area contributed by atoms with E-state index in [0.29, 0.717) is 17.0 Å². The van der Waals surface area contributed by atoms with Crippen LogP contribution in [0.3, 0.4) is 0 Å². The first-order chi connectivity index (χ1) is 11.3. The number of carbonyl (C=O) groups is 2. The maximum Gasteiger partial charge on any atom is 0.337 e. The van der Waals surface area contributed by atoms with E-state index in [0.717, 1.165) is 11.3 Å². The topological polar surface area (TPSA) is 68.5 Å². The van der Waals surface area contributed by atoms with Gasteiger partial charge in [-0.3, -0.25) is 4.79 Å². The van der Waals surface area contributed by atoms with E-state index >= 15 is 0 Å². The third-order valence-corrected chi connectivity index (χ3v) is 3.73. The minimum Gasteiger partial charge on any atom is -0.465 e. The fourth-order valence-electron chi connectivity index (χ4n) is 2.43. The van der Waals surface area contributed by atoms with Crippen LogP contribution in [0.2, 0.25) is 0 Å². The fraction of sp³-hybridized carbons (Fsp3) is 0.368. The second-order valence-corrected chi connectivity index (χ2v) is 6.26. The first kappa shape index (κ1) is 17.8. The molecule has 0 aliphatic heterocycles. The summed E-state index contributed by atoms with van der Waals surface area (Å²) < 4.78 is 10.4. The standard InChI is InChI=1S/C19H23NO4/c1-11(2)15-10-16(24-17(15)12(3)4)18(21)20-14-8-6-13(7-9-14)19(22)23-5/h6-12H,1-5H3,(H,20,21). The Morgan fingerprint density at radius 3 is 2.12 bits per heavy atom. The minimum atomic E-state index is -0.415. The first-order valence-corrected chi connectivity index (χ1v) is 7.96. The van der Waals surface area contributed by atoms with Crippen LogP contribution < -0.4 is 5.32 Å².